The van der Waals surface area contributed by atoms with Crippen LogP contribution >= 0.6 is 54.5 Å². The summed E-state index contributed by atoms with van der Waals surface area (Å²) in [5.41, 5.74) is 2.81. The van der Waals surface area contributed by atoms with Crippen LogP contribution in [0.25, 0.3) is 9.75 Å². The predicted molar refractivity (Wildman–Crippen MR) is 73.6 cm³/mol. The van der Waals surface area contributed by atoms with Gasteiger partial charge >= 0.3 is 0 Å². The average Bonchev–Trinajstić information content (AvgIpc) is 2.67. The second-order valence-corrected chi connectivity index (χ2v) is 8.28. The molecular formula is C10H7Br2NS2. The van der Waals surface area contributed by atoms with E-state index in [0.29, 0.717) is 0 Å². The lowest BCUT2D eigenvalue weighted by Gasteiger charge is -1.96. The minimum atomic E-state index is 0.969. The number of hydrogen-bond acceptors (Lipinski definition) is 3. The van der Waals surface area contributed by atoms with Crippen LogP contribution < -0.4 is 5.32 Å². The number of fused-ring (bicyclic) bond motifs is 3. The Balaban J connectivity index is 2.25. The van der Waals surface area contributed by atoms with E-state index in [4.69, 9.17) is 0 Å². The molecule has 78 valence electrons. The van der Waals surface area contributed by atoms with E-state index < -0.39 is 0 Å². The fourth-order valence-electron chi connectivity index (χ4n) is 1.77. The highest BCUT2D eigenvalue weighted by Crippen LogP contribution is 2.44. The van der Waals surface area contributed by atoms with Gasteiger partial charge < -0.3 is 5.32 Å². The van der Waals surface area contributed by atoms with Crippen LogP contribution in [0.5, 0.6) is 0 Å². The van der Waals surface area contributed by atoms with Crippen LogP contribution in [0.2, 0.25) is 0 Å². The first-order valence-electron chi connectivity index (χ1n) is 4.51. The van der Waals surface area contributed by atoms with Crippen LogP contribution in [0.4, 0.5) is 0 Å². The molecule has 3 heterocycles. The first-order valence-corrected chi connectivity index (χ1v) is 7.73. The van der Waals surface area contributed by atoms with Gasteiger partial charge in [0.1, 0.15) is 0 Å². The molecule has 0 atom stereocenters. The van der Waals surface area contributed by atoms with Crippen molar-refractivity contribution >= 4 is 54.5 Å². The van der Waals surface area contributed by atoms with Gasteiger partial charge in [-0.1, -0.05) is 0 Å². The van der Waals surface area contributed by atoms with Crippen molar-refractivity contribution in [3.05, 3.63) is 30.8 Å². The van der Waals surface area contributed by atoms with Crippen molar-refractivity contribution in [2.75, 3.05) is 0 Å². The minimum Gasteiger partial charge on any atom is -0.309 e. The van der Waals surface area contributed by atoms with Gasteiger partial charge in [0.25, 0.3) is 0 Å². The number of hydrogen-bond donors (Lipinski definition) is 1. The van der Waals surface area contributed by atoms with E-state index in [0.717, 1.165) is 13.1 Å². The van der Waals surface area contributed by atoms with Crippen molar-refractivity contribution in [2.45, 2.75) is 13.1 Å². The Kier molecular flexibility index (Phi) is 2.77. The molecule has 1 aliphatic rings. The number of halogens is 2. The van der Waals surface area contributed by atoms with E-state index in [2.05, 4.69) is 49.3 Å². The van der Waals surface area contributed by atoms with Crippen molar-refractivity contribution in [1.82, 2.24) is 5.32 Å². The van der Waals surface area contributed by atoms with Crippen LogP contribution in [0, 0.1) is 0 Å². The third-order valence-electron chi connectivity index (χ3n) is 2.39. The van der Waals surface area contributed by atoms with E-state index in [1.165, 1.54) is 28.5 Å². The van der Waals surface area contributed by atoms with Crippen molar-refractivity contribution in [3.8, 4) is 9.75 Å². The number of nitrogens with one attached hydrogen (secondary N) is 1. The van der Waals surface area contributed by atoms with Gasteiger partial charge in [-0.25, -0.2) is 0 Å². The quantitative estimate of drug-likeness (QED) is 0.719. The molecule has 1 aliphatic heterocycles. The lowest BCUT2D eigenvalue weighted by molar-refractivity contribution is 0.704. The van der Waals surface area contributed by atoms with E-state index in [9.17, 15) is 0 Å². The van der Waals surface area contributed by atoms with Gasteiger partial charge in [0.2, 0.25) is 0 Å². The third-order valence-corrected chi connectivity index (χ3v) is 5.92. The Hall–Kier alpha value is 0.320. The molecule has 2 aromatic heterocycles. The van der Waals surface area contributed by atoms with E-state index in [1.807, 2.05) is 22.7 Å². The smallest absolute Gasteiger partial charge is 0.0708 e. The SMILES string of the molecule is Brc1cc2c(s1)-c1sc(Br)cc1CNC2. The van der Waals surface area contributed by atoms with Crippen LogP contribution in [0.3, 0.4) is 0 Å². The molecule has 0 unspecified atom stereocenters. The highest BCUT2D eigenvalue weighted by Gasteiger charge is 2.19. The topological polar surface area (TPSA) is 12.0 Å². The van der Waals surface area contributed by atoms with E-state index in [1.54, 1.807) is 0 Å². The molecule has 0 spiro atoms. The summed E-state index contributed by atoms with van der Waals surface area (Å²) in [4.78, 5) is 2.83. The second kappa shape index (κ2) is 3.96. The first-order chi connectivity index (χ1) is 7.24. The van der Waals surface area contributed by atoms with E-state index in [-0.39, 0.29) is 0 Å². The summed E-state index contributed by atoms with van der Waals surface area (Å²) in [5, 5.41) is 3.46. The highest BCUT2D eigenvalue weighted by atomic mass is 79.9. The van der Waals surface area contributed by atoms with Crippen molar-refractivity contribution < 1.29 is 0 Å². The molecule has 0 aromatic carbocycles. The minimum absolute atomic E-state index is 0.969. The molecule has 0 saturated heterocycles. The summed E-state index contributed by atoms with van der Waals surface area (Å²) in [6, 6.07) is 4.44. The van der Waals surface area contributed by atoms with Gasteiger partial charge in [-0.3, -0.25) is 0 Å². The van der Waals surface area contributed by atoms with Gasteiger partial charge in [-0.2, -0.15) is 0 Å². The zero-order valence-electron chi connectivity index (χ0n) is 7.64. The lowest BCUT2D eigenvalue weighted by atomic mass is 10.2. The largest absolute Gasteiger partial charge is 0.309 e. The highest BCUT2D eigenvalue weighted by molar-refractivity contribution is 9.11. The molecular weight excluding hydrogens is 358 g/mol. The van der Waals surface area contributed by atoms with Gasteiger partial charge in [-0.15, -0.1) is 22.7 Å². The number of thiophene rings is 2. The first kappa shape index (κ1) is 10.5. The Morgan fingerprint density at radius 1 is 0.933 bits per heavy atom. The normalized spacial score (nSPS) is 14.5. The van der Waals surface area contributed by atoms with Crippen molar-refractivity contribution in [1.29, 1.82) is 0 Å². The molecule has 5 heteroatoms. The Labute approximate surface area is 113 Å². The molecule has 0 amide bonds. The van der Waals surface area contributed by atoms with Crippen LogP contribution in [0.15, 0.2) is 19.7 Å². The Morgan fingerprint density at radius 2 is 1.40 bits per heavy atom. The third kappa shape index (κ3) is 1.85. The summed E-state index contributed by atoms with van der Waals surface area (Å²) in [5.74, 6) is 0. The Morgan fingerprint density at radius 3 is 1.87 bits per heavy atom. The summed E-state index contributed by atoms with van der Waals surface area (Å²) >= 11 is 10.8. The number of rotatable bonds is 0. The average molecular weight is 365 g/mol. The molecule has 1 N–H and O–H groups in total. The molecule has 2 aromatic rings. The lowest BCUT2D eigenvalue weighted by Crippen LogP contribution is -2.09. The fraction of sp³-hybridized carbons (Fsp3) is 0.200. The van der Waals surface area contributed by atoms with Gasteiger partial charge in [-0.05, 0) is 55.1 Å². The molecule has 0 radical (unpaired) electrons. The van der Waals surface area contributed by atoms with Crippen LogP contribution in [-0.2, 0) is 13.1 Å². The van der Waals surface area contributed by atoms with Crippen molar-refractivity contribution in [2.24, 2.45) is 0 Å². The summed E-state index contributed by atoms with van der Waals surface area (Å²) in [6.07, 6.45) is 0. The molecule has 0 bridgehead atoms. The molecule has 15 heavy (non-hydrogen) atoms. The van der Waals surface area contributed by atoms with Crippen LogP contribution in [-0.4, -0.2) is 0 Å². The van der Waals surface area contributed by atoms with Gasteiger partial charge in [0.15, 0.2) is 0 Å². The molecule has 3 rings (SSSR count). The zero-order chi connectivity index (χ0) is 10.4. The Bertz CT molecular complexity index is 469. The monoisotopic (exact) mass is 363 g/mol. The predicted octanol–water partition coefficient (Wildman–Crippen LogP) is 4.60. The second-order valence-electron chi connectivity index (χ2n) is 3.41. The zero-order valence-corrected chi connectivity index (χ0v) is 12.4. The maximum Gasteiger partial charge on any atom is 0.0708 e. The maximum absolute atomic E-state index is 3.56. The van der Waals surface area contributed by atoms with Gasteiger partial charge in [0, 0.05) is 13.1 Å². The van der Waals surface area contributed by atoms with Crippen LogP contribution in [0.1, 0.15) is 11.1 Å². The summed E-state index contributed by atoms with van der Waals surface area (Å²) in [7, 11) is 0. The molecule has 1 nitrogen and oxygen atoms in total. The van der Waals surface area contributed by atoms with Crippen molar-refractivity contribution in [3.63, 3.8) is 0 Å². The molecule has 0 saturated carbocycles. The molecule has 0 fully saturated rings. The van der Waals surface area contributed by atoms with Gasteiger partial charge in [0.05, 0.1) is 17.3 Å². The maximum atomic E-state index is 3.56. The summed E-state index contributed by atoms with van der Waals surface area (Å²) < 4.78 is 2.43. The molecule has 0 aliphatic carbocycles. The standard InChI is InChI=1S/C10H7Br2NS2/c11-7-1-5-3-13-4-6-2-8(12)15-10(6)9(5)14-7/h1-2,13H,3-4H2. The summed E-state index contributed by atoms with van der Waals surface area (Å²) in [6.45, 7) is 1.94. The van der Waals surface area contributed by atoms with E-state index >= 15 is 0 Å². The fourth-order valence-corrected chi connectivity index (χ4v) is 5.31.